The second kappa shape index (κ2) is 6.98. The number of nitrogens with zero attached hydrogens (tertiary/aromatic N) is 1. The molecule has 2 aromatic rings. The smallest absolute Gasteiger partial charge is 0.322 e. The maximum atomic E-state index is 13.1. The molecule has 1 atom stereocenters. The first-order chi connectivity index (χ1) is 11.1. The zero-order valence-electron chi connectivity index (χ0n) is 12.3. The molecule has 0 bridgehead atoms. The van der Waals surface area contributed by atoms with Crippen LogP contribution in [0, 0.1) is 5.82 Å². The minimum absolute atomic E-state index is 0.218. The number of halogens is 2. The van der Waals surface area contributed by atoms with Crippen LogP contribution in [0.1, 0.15) is 11.6 Å². The Bertz CT molecular complexity index is 676. The van der Waals surface area contributed by atoms with Crippen molar-refractivity contribution in [1.29, 1.82) is 0 Å². The fraction of sp³-hybridized carbons (Fsp3) is 0.235. The van der Waals surface area contributed by atoms with Crippen molar-refractivity contribution in [1.82, 2.24) is 4.90 Å². The lowest BCUT2D eigenvalue weighted by atomic mass is 10.1. The molecule has 2 aromatic carbocycles. The van der Waals surface area contributed by atoms with Crippen LogP contribution in [-0.4, -0.2) is 30.7 Å². The van der Waals surface area contributed by atoms with Gasteiger partial charge in [-0.1, -0.05) is 23.7 Å². The van der Waals surface area contributed by atoms with E-state index >= 15 is 0 Å². The summed E-state index contributed by atoms with van der Waals surface area (Å²) in [5.41, 5.74) is 1.51. The first-order valence-corrected chi connectivity index (χ1v) is 7.68. The third kappa shape index (κ3) is 3.81. The van der Waals surface area contributed by atoms with Crippen LogP contribution in [0.25, 0.3) is 0 Å². The van der Waals surface area contributed by atoms with Crippen LogP contribution in [-0.2, 0) is 4.74 Å². The summed E-state index contributed by atoms with van der Waals surface area (Å²) < 4.78 is 18.6. The van der Waals surface area contributed by atoms with Gasteiger partial charge in [0.15, 0.2) is 0 Å². The van der Waals surface area contributed by atoms with Crippen molar-refractivity contribution in [3.63, 3.8) is 0 Å². The van der Waals surface area contributed by atoms with Crippen molar-refractivity contribution in [2.45, 2.75) is 6.04 Å². The third-order valence-electron chi connectivity index (χ3n) is 3.74. The molecule has 1 aliphatic heterocycles. The topological polar surface area (TPSA) is 41.6 Å². The van der Waals surface area contributed by atoms with E-state index in [2.05, 4.69) is 5.32 Å². The molecule has 120 valence electrons. The molecule has 0 saturated carbocycles. The van der Waals surface area contributed by atoms with Gasteiger partial charge in [0.25, 0.3) is 0 Å². The number of benzene rings is 2. The van der Waals surface area contributed by atoms with Crippen LogP contribution in [0.15, 0.2) is 48.5 Å². The highest BCUT2D eigenvalue weighted by atomic mass is 35.5. The van der Waals surface area contributed by atoms with E-state index in [4.69, 9.17) is 16.3 Å². The second-order valence-electron chi connectivity index (χ2n) is 5.27. The number of anilines is 1. The van der Waals surface area contributed by atoms with Gasteiger partial charge in [-0.05, 0) is 42.0 Å². The summed E-state index contributed by atoms with van der Waals surface area (Å²) in [5.74, 6) is -0.303. The first-order valence-electron chi connectivity index (χ1n) is 7.30. The van der Waals surface area contributed by atoms with Gasteiger partial charge in [0.1, 0.15) is 5.82 Å². The van der Waals surface area contributed by atoms with Gasteiger partial charge in [0.05, 0.1) is 19.3 Å². The standard InChI is InChI=1S/C17H16ClFN2O2/c18-13-3-7-15(8-4-13)20-17(22)21-9-10-23-11-16(21)12-1-5-14(19)6-2-12/h1-8,16H,9-11H2,(H,20,22). The molecule has 2 amide bonds. The van der Waals surface area contributed by atoms with Gasteiger partial charge in [-0.15, -0.1) is 0 Å². The minimum atomic E-state index is -0.303. The van der Waals surface area contributed by atoms with Crippen molar-refractivity contribution in [2.75, 3.05) is 25.1 Å². The molecule has 4 nitrogen and oxygen atoms in total. The number of morpholine rings is 1. The maximum Gasteiger partial charge on any atom is 0.322 e. The Morgan fingerprint density at radius 2 is 1.87 bits per heavy atom. The highest BCUT2D eigenvalue weighted by Crippen LogP contribution is 2.25. The largest absolute Gasteiger partial charge is 0.377 e. The summed E-state index contributed by atoms with van der Waals surface area (Å²) in [5, 5.41) is 3.46. The first kappa shape index (κ1) is 15.8. The molecule has 1 N–H and O–H groups in total. The summed E-state index contributed by atoms with van der Waals surface area (Å²) in [4.78, 5) is 14.3. The number of carbonyl (C=O) groups excluding carboxylic acids is 1. The Balaban J connectivity index is 1.76. The number of rotatable bonds is 2. The quantitative estimate of drug-likeness (QED) is 0.899. The fourth-order valence-corrected chi connectivity index (χ4v) is 2.66. The maximum absolute atomic E-state index is 13.1. The van der Waals surface area contributed by atoms with Crippen molar-refractivity contribution in [3.8, 4) is 0 Å². The lowest BCUT2D eigenvalue weighted by molar-refractivity contribution is 0.0147. The van der Waals surface area contributed by atoms with Crippen LogP contribution < -0.4 is 5.32 Å². The molecular weight excluding hydrogens is 319 g/mol. The molecule has 3 rings (SSSR count). The SMILES string of the molecule is O=C(Nc1ccc(Cl)cc1)N1CCOCC1c1ccc(F)cc1. The van der Waals surface area contributed by atoms with Gasteiger partial charge >= 0.3 is 6.03 Å². The van der Waals surface area contributed by atoms with E-state index in [0.717, 1.165) is 5.56 Å². The van der Waals surface area contributed by atoms with Crippen LogP contribution in [0.3, 0.4) is 0 Å². The zero-order chi connectivity index (χ0) is 16.2. The molecule has 0 aromatic heterocycles. The van der Waals surface area contributed by atoms with Crippen LogP contribution >= 0.6 is 11.6 Å². The monoisotopic (exact) mass is 334 g/mol. The Labute approximate surface area is 138 Å². The summed E-state index contributed by atoms with van der Waals surface area (Å²) in [6, 6.07) is 12.6. The van der Waals surface area contributed by atoms with Gasteiger partial charge < -0.3 is 15.0 Å². The van der Waals surface area contributed by atoms with Gasteiger partial charge in [-0.25, -0.2) is 9.18 Å². The van der Waals surface area contributed by atoms with Crippen LogP contribution in [0.2, 0.25) is 5.02 Å². The number of ether oxygens (including phenoxy) is 1. The Kier molecular flexibility index (Phi) is 4.79. The van der Waals surface area contributed by atoms with Crippen molar-refractivity contribution in [3.05, 3.63) is 64.9 Å². The molecule has 1 unspecified atom stereocenters. The lowest BCUT2D eigenvalue weighted by Gasteiger charge is -2.35. The molecule has 6 heteroatoms. The minimum Gasteiger partial charge on any atom is -0.377 e. The van der Waals surface area contributed by atoms with Gasteiger partial charge in [0, 0.05) is 17.3 Å². The predicted molar refractivity (Wildman–Crippen MR) is 87.1 cm³/mol. The van der Waals surface area contributed by atoms with Crippen LogP contribution in [0.5, 0.6) is 0 Å². The summed E-state index contributed by atoms with van der Waals surface area (Å²) >= 11 is 5.84. The average Bonchev–Trinajstić information content (AvgIpc) is 2.58. The summed E-state index contributed by atoms with van der Waals surface area (Å²) in [6.07, 6.45) is 0. The molecular formula is C17H16ClFN2O2. The van der Waals surface area contributed by atoms with Gasteiger partial charge in [-0.2, -0.15) is 0 Å². The van der Waals surface area contributed by atoms with E-state index < -0.39 is 0 Å². The predicted octanol–water partition coefficient (Wildman–Crippen LogP) is 4.08. The molecule has 1 fully saturated rings. The van der Waals surface area contributed by atoms with E-state index in [9.17, 15) is 9.18 Å². The highest BCUT2D eigenvalue weighted by molar-refractivity contribution is 6.30. The Hall–Kier alpha value is -2.11. The Morgan fingerprint density at radius 1 is 1.17 bits per heavy atom. The molecule has 23 heavy (non-hydrogen) atoms. The molecule has 1 saturated heterocycles. The molecule has 0 spiro atoms. The number of amides is 2. The van der Waals surface area contributed by atoms with Gasteiger partial charge in [0.2, 0.25) is 0 Å². The zero-order valence-corrected chi connectivity index (χ0v) is 13.1. The fourth-order valence-electron chi connectivity index (χ4n) is 2.54. The van der Waals surface area contributed by atoms with E-state index in [1.54, 1.807) is 41.3 Å². The number of carbonyl (C=O) groups is 1. The number of nitrogens with one attached hydrogen (secondary N) is 1. The number of urea groups is 1. The average molecular weight is 335 g/mol. The van der Waals surface area contributed by atoms with Gasteiger partial charge in [-0.3, -0.25) is 0 Å². The summed E-state index contributed by atoms with van der Waals surface area (Å²) in [7, 11) is 0. The van der Waals surface area contributed by atoms with E-state index in [1.165, 1.54) is 12.1 Å². The van der Waals surface area contributed by atoms with Crippen molar-refractivity contribution in [2.24, 2.45) is 0 Å². The Morgan fingerprint density at radius 3 is 2.57 bits per heavy atom. The highest BCUT2D eigenvalue weighted by Gasteiger charge is 2.28. The molecule has 1 aliphatic rings. The molecule has 0 aliphatic carbocycles. The van der Waals surface area contributed by atoms with Crippen LogP contribution in [0.4, 0.5) is 14.9 Å². The van der Waals surface area contributed by atoms with E-state index in [0.29, 0.717) is 30.5 Å². The molecule has 0 radical (unpaired) electrons. The summed E-state index contributed by atoms with van der Waals surface area (Å²) in [6.45, 7) is 1.34. The van der Waals surface area contributed by atoms with Crippen molar-refractivity contribution >= 4 is 23.3 Å². The number of hydrogen-bond donors (Lipinski definition) is 1. The second-order valence-corrected chi connectivity index (χ2v) is 5.71. The van der Waals surface area contributed by atoms with Crippen molar-refractivity contribution < 1.29 is 13.9 Å². The van der Waals surface area contributed by atoms with E-state index in [1.807, 2.05) is 0 Å². The van der Waals surface area contributed by atoms with E-state index in [-0.39, 0.29) is 17.9 Å². The normalized spacial score (nSPS) is 17.8. The number of hydrogen-bond acceptors (Lipinski definition) is 2. The molecule has 1 heterocycles. The lowest BCUT2D eigenvalue weighted by Crippen LogP contribution is -2.45. The third-order valence-corrected chi connectivity index (χ3v) is 3.99.